The van der Waals surface area contributed by atoms with Gasteiger partial charge in [0, 0.05) is 36.7 Å². The maximum atomic E-state index is 9.65. The molecule has 0 saturated heterocycles. The molecule has 92 valence electrons. The second kappa shape index (κ2) is 7.51. The lowest BCUT2D eigenvalue weighted by Crippen LogP contribution is -2.21. The molecule has 0 amide bonds. The van der Waals surface area contributed by atoms with Crippen LogP contribution in [0.1, 0.15) is 11.1 Å². The number of rotatable bonds is 7. The molecular formula is C11H17N5O. The van der Waals surface area contributed by atoms with Gasteiger partial charge in [-0.3, -0.25) is 0 Å². The molecule has 0 aliphatic heterocycles. The number of hydrogen-bond acceptors (Lipinski definition) is 4. The van der Waals surface area contributed by atoms with Crippen LogP contribution in [0, 0.1) is 0 Å². The van der Waals surface area contributed by atoms with Crippen LogP contribution in [0.2, 0.25) is 0 Å². The Balaban J connectivity index is 2.61. The van der Waals surface area contributed by atoms with Crippen molar-refractivity contribution in [2.45, 2.75) is 13.0 Å². The van der Waals surface area contributed by atoms with Crippen LogP contribution in [0.15, 0.2) is 23.3 Å². The summed E-state index contributed by atoms with van der Waals surface area (Å²) in [6.45, 7) is 2.29. The van der Waals surface area contributed by atoms with E-state index in [0.29, 0.717) is 32.6 Å². The van der Waals surface area contributed by atoms with Crippen molar-refractivity contribution in [2.24, 2.45) is 10.8 Å². The van der Waals surface area contributed by atoms with Crippen molar-refractivity contribution < 1.29 is 5.11 Å². The molecule has 1 aromatic carbocycles. The van der Waals surface area contributed by atoms with Crippen molar-refractivity contribution in [3.05, 3.63) is 39.8 Å². The molecule has 1 aromatic rings. The number of hydrogen-bond donors (Lipinski definition) is 3. The number of phenolic OH excluding ortho intramolecular Hbond substituents is 1. The second-order valence-electron chi connectivity index (χ2n) is 3.63. The predicted molar refractivity (Wildman–Crippen MR) is 66.6 cm³/mol. The number of nitrogens with zero attached hydrogens (tertiary/aromatic N) is 3. The van der Waals surface area contributed by atoms with Gasteiger partial charge in [-0.25, -0.2) is 0 Å². The predicted octanol–water partition coefficient (Wildman–Crippen LogP) is 1.29. The molecule has 1 rings (SSSR count). The van der Waals surface area contributed by atoms with Crippen molar-refractivity contribution in [1.29, 1.82) is 0 Å². The van der Waals surface area contributed by atoms with Gasteiger partial charge in [-0.05, 0) is 23.6 Å². The minimum atomic E-state index is 0.266. The summed E-state index contributed by atoms with van der Waals surface area (Å²) < 4.78 is 0. The van der Waals surface area contributed by atoms with Crippen LogP contribution in [-0.4, -0.2) is 24.7 Å². The number of nitrogens with one attached hydrogen (secondary N) is 1. The van der Waals surface area contributed by atoms with E-state index >= 15 is 0 Å². The van der Waals surface area contributed by atoms with Crippen LogP contribution in [0.4, 0.5) is 0 Å². The topological polar surface area (TPSA) is 107 Å². The molecule has 0 unspecified atom stereocenters. The normalized spacial score (nSPS) is 9.94. The van der Waals surface area contributed by atoms with Crippen molar-refractivity contribution in [3.63, 3.8) is 0 Å². The summed E-state index contributed by atoms with van der Waals surface area (Å²) in [6, 6.07) is 5.39. The van der Waals surface area contributed by atoms with Crippen molar-refractivity contribution in [1.82, 2.24) is 5.32 Å². The largest absolute Gasteiger partial charge is 0.508 e. The zero-order chi connectivity index (χ0) is 12.5. The van der Waals surface area contributed by atoms with Gasteiger partial charge >= 0.3 is 0 Å². The van der Waals surface area contributed by atoms with Crippen LogP contribution in [0.25, 0.3) is 10.4 Å². The highest BCUT2D eigenvalue weighted by molar-refractivity contribution is 5.36. The summed E-state index contributed by atoms with van der Waals surface area (Å²) >= 11 is 0. The summed E-state index contributed by atoms with van der Waals surface area (Å²) in [5, 5.41) is 16.3. The third-order valence-electron chi connectivity index (χ3n) is 2.34. The highest BCUT2D eigenvalue weighted by atomic mass is 16.3. The standard InChI is InChI=1S/C11H17N5O/c12-4-6-14-8-10-7-9(1-2-11(10)17)3-5-15-16-13/h1-2,7,14,17H,3-6,8,12H2. The van der Waals surface area contributed by atoms with E-state index in [2.05, 4.69) is 15.3 Å². The summed E-state index contributed by atoms with van der Waals surface area (Å²) in [4.78, 5) is 2.70. The zero-order valence-electron chi connectivity index (χ0n) is 9.63. The van der Waals surface area contributed by atoms with E-state index < -0.39 is 0 Å². The van der Waals surface area contributed by atoms with Gasteiger partial charge in [-0.15, -0.1) is 0 Å². The van der Waals surface area contributed by atoms with Gasteiger partial charge in [0.1, 0.15) is 5.75 Å². The van der Waals surface area contributed by atoms with Crippen LogP contribution < -0.4 is 11.1 Å². The van der Waals surface area contributed by atoms with Gasteiger partial charge < -0.3 is 16.2 Å². The van der Waals surface area contributed by atoms with Crippen LogP contribution >= 0.6 is 0 Å². The smallest absolute Gasteiger partial charge is 0.120 e. The molecule has 0 saturated carbocycles. The molecule has 0 bridgehead atoms. The molecule has 0 heterocycles. The van der Waals surface area contributed by atoms with Gasteiger partial charge in [0.15, 0.2) is 0 Å². The minimum absolute atomic E-state index is 0.266. The zero-order valence-corrected chi connectivity index (χ0v) is 9.63. The molecular weight excluding hydrogens is 218 g/mol. The summed E-state index contributed by atoms with van der Waals surface area (Å²) in [6.07, 6.45) is 0.675. The Morgan fingerprint density at radius 3 is 3.00 bits per heavy atom. The molecule has 17 heavy (non-hydrogen) atoms. The van der Waals surface area contributed by atoms with Gasteiger partial charge in [0.2, 0.25) is 0 Å². The molecule has 0 aliphatic rings. The molecule has 0 atom stereocenters. The van der Waals surface area contributed by atoms with Gasteiger partial charge in [-0.2, -0.15) is 0 Å². The Morgan fingerprint density at radius 1 is 1.47 bits per heavy atom. The monoisotopic (exact) mass is 235 g/mol. The first-order chi connectivity index (χ1) is 8.27. The number of benzene rings is 1. The number of phenols is 1. The van der Waals surface area contributed by atoms with Crippen molar-refractivity contribution >= 4 is 0 Å². The molecule has 6 heteroatoms. The van der Waals surface area contributed by atoms with Crippen LogP contribution in [0.3, 0.4) is 0 Å². The Hall–Kier alpha value is -1.75. The second-order valence-corrected chi connectivity index (χ2v) is 3.63. The van der Waals surface area contributed by atoms with E-state index in [4.69, 9.17) is 11.3 Å². The first-order valence-electron chi connectivity index (χ1n) is 5.50. The molecule has 0 radical (unpaired) electrons. The summed E-state index contributed by atoms with van der Waals surface area (Å²) in [5.74, 6) is 0.266. The van der Waals surface area contributed by atoms with E-state index in [0.717, 1.165) is 11.1 Å². The Bertz CT molecular complexity index is 401. The molecule has 0 fully saturated rings. The maximum Gasteiger partial charge on any atom is 0.120 e. The average Bonchev–Trinajstić information content (AvgIpc) is 2.33. The molecule has 0 spiro atoms. The third-order valence-corrected chi connectivity index (χ3v) is 2.34. The molecule has 0 aliphatic carbocycles. The van der Waals surface area contributed by atoms with Crippen LogP contribution in [-0.2, 0) is 13.0 Å². The number of aromatic hydroxyl groups is 1. The first kappa shape index (κ1) is 13.3. The van der Waals surface area contributed by atoms with E-state index in [1.54, 1.807) is 6.07 Å². The summed E-state index contributed by atoms with van der Waals surface area (Å²) in [5.41, 5.74) is 15.4. The third kappa shape index (κ3) is 4.74. The lowest BCUT2D eigenvalue weighted by molar-refractivity contribution is 0.464. The first-order valence-corrected chi connectivity index (χ1v) is 5.50. The molecule has 6 nitrogen and oxygen atoms in total. The highest BCUT2D eigenvalue weighted by Gasteiger charge is 2.02. The van der Waals surface area contributed by atoms with E-state index in [9.17, 15) is 5.11 Å². The maximum absolute atomic E-state index is 9.65. The van der Waals surface area contributed by atoms with Crippen molar-refractivity contribution in [2.75, 3.05) is 19.6 Å². The van der Waals surface area contributed by atoms with E-state index in [1.165, 1.54) is 0 Å². The van der Waals surface area contributed by atoms with Gasteiger partial charge in [0.05, 0.1) is 0 Å². The minimum Gasteiger partial charge on any atom is -0.508 e. The Kier molecular flexibility index (Phi) is 5.88. The number of azide groups is 1. The Labute approximate surface area is 100 Å². The van der Waals surface area contributed by atoms with Gasteiger partial charge in [-0.1, -0.05) is 17.2 Å². The SMILES string of the molecule is [N-]=[N+]=NCCc1ccc(O)c(CNCCN)c1. The van der Waals surface area contributed by atoms with E-state index in [1.807, 2.05) is 12.1 Å². The fraction of sp³-hybridized carbons (Fsp3) is 0.455. The highest BCUT2D eigenvalue weighted by Crippen LogP contribution is 2.18. The fourth-order valence-corrected chi connectivity index (χ4v) is 1.48. The Morgan fingerprint density at radius 2 is 2.29 bits per heavy atom. The lowest BCUT2D eigenvalue weighted by Gasteiger charge is -2.08. The van der Waals surface area contributed by atoms with E-state index in [-0.39, 0.29) is 5.75 Å². The average molecular weight is 235 g/mol. The summed E-state index contributed by atoms with van der Waals surface area (Å²) in [7, 11) is 0. The van der Waals surface area contributed by atoms with Crippen molar-refractivity contribution in [3.8, 4) is 5.75 Å². The van der Waals surface area contributed by atoms with Crippen LogP contribution in [0.5, 0.6) is 5.75 Å². The number of nitrogens with two attached hydrogens (primary N) is 1. The molecule has 4 N–H and O–H groups in total. The quantitative estimate of drug-likeness (QED) is 0.287. The van der Waals surface area contributed by atoms with Gasteiger partial charge in [0.25, 0.3) is 0 Å². The fourth-order valence-electron chi connectivity index (χ4n) is 1.48. The lowest BCUT2D eigenvalue weighted by atomic mass is 10.1. The molecule has 0 aromatic heterocycles.